The molecule has 0 aliphatic carbocycles. The van der Waals surface area contributed by atoms with Crippen molar-refractivity contribution in [3.05, 3.63) is 170 Å². The zero-order valence-electron chi connectivity index (χ0n) is 50.6. The molecule has 0 radical (unpaired) electrons. The van der Waals surface area contributed by atoms with Gasteiger partial charge in [-0.15, -0.1) is 0 Å². The van der Waals surface area contributed by atoms with E-state index in [0.717, 1.165) is 180 Å². The van der Waals surface area contributed by atoms with Gasteiger partial charge in [-0.1, -0.05) is 255 Å². The summed E-state index contributed by atoms with van der Waals surface area (Å²) in [4.78, 5) is 38.2. The Kier molecular flexibility index (Phi) is 61.0. The number of unbranched alkanes of at least 4 members (excludes halogenated alkanes) is 16. The van der Waals surface area contributed by atoms with Gasteiger partial charge in [0.15, 0.2) is 6.10 Å². The van der Waals surface area contributed by atoms with Gasteiger partial charge in [-0.05, 0) is 148 Å². The first-order valence-electron chi connectivity index (χ1n) is 31.6. The minimum Gasteiger partial charge on any atom is -0.462 e. The first kappa shape index (κ1) is 73.8. The normalized spacial score (nSPS) is 13.3. The van der Waals surface area contributed by atoms with Crippen LogP contribution in [0.2, 0.25) is 0 Å². The number of hydrogen-bond donors (Lipinski definition) is 0. The van der Waals surface area contributed by atoms with Crippen LogP contribution < -0.4 is 0 Å². The summed E-state index contributed by atoms with van der Waals surface area (Å²) in [6, 6.07) is 0. The van der Waals surface area contributed by atoms with Crippen molar-refractivity contribution in [3.8, 4) is 0 Å². The van der Waals surface area contributed by atoms with Crippen molar-refractivity contribution >= 4 is 17.9 Å². The van der Waals surface area contributed by atoms with Crippen molar-refractivity contribution in [2.24, 2.45) is 0 Å². The number of allylic oxidation sites excluding steroid dienone is 28. The third-order valence-electron chi connectivity index (χ3n) is 12.7. The van der Waals surface area contributed by atoms with Crippen LogP contribution in [0.3, 0.4) is 0 Å². The second kappa shape index (κ2) is 65.3. The molecule has 1 atom stereocenters. The molecule has 0 heterocycles. The van der Waals surface area contributed by atoms with E-state index in [1.807, 2.05) is 0 Å². The van der Waals surface area contributed by atoms with Crippen LogP contribution in [-0.4, -0.2) is 37.2 Å². The quantitative estimate of drug-likeness (QED) is 0.0261. The van der Waals surface area contributed by atoms with E-state index in [-0.39, 0.29) is 37.5 Å². The molecule has 6 nitrogen and oxygen atoms in total. The van der Waals surface area contributed by atoms with E-state index in [2.05, 4.69) is 191 Å². The van der Waals surface area contributed by atoms with Crippen LogP contribution in [0, 0.1) is 0 Å². The molecule has 442 valence electrons. The van der Waals surface area contributed by atoms with Crippen LogP contribution >= 0.6 is 0 Å². The standard InChI is InChI=1S/C73H114O6/c1-4-7-10-13-16-19-22-25-26-27-28-29-30-31-32-33-34-35-36-37-38-39-40-41-42-43-44-45-46-49-51-54-57-60-63-66-72(75)78-69-70(79-73(76)67-64-61-58-55-52-48-24-21-18-15-12-9-6-3)68-77-71(74)65-62-59-56-53-50-47-23-20-17-14-11-8-5-2/h7,9-12,14,16,18-21,23,25-26,28-29,31-32,34-35,37-38,40-41,43-44,48,52,70H,4-6,8,13,15,17,22,24,27,30,33,36,39,42,45-47,49-51,53-69H2,1-3H3/b10-7-,12-9-,14-11-,19-16-,21-18-,23-20-,26-25-,29-28-,32-31-,35-34-,38-37-,41-40-,44-43-,52-48-. The van der Waals surface area contributed by atoms with Crippen molar-refractivity contribution in [2.75, 3.05) is 13.2 Å². The molecule has 0 aliphatic rings. The number of esters is 3. The van der Waals surface area contributed by atoms with E-state index >= 15 is 0 Å². The highest BCUT2D eigenvalue weighted by molar-refractivity contribution is 5.71. The Bertz CT molecular complexity index is 1820. The fourth-order valence-corrected chi connectivity index (χ4v) is 8.02. The molecule has 0 rings (SSSR count). The largest absolute Gasteiger partial charge is 0.462 e. The molecule has 0 N–H and O–H groups in total. The minimum absolute atomic E-state index is 0.107. The summed E-state index contributed by atoms with van der Waals surface area (Å²) in [5, 5.41) is 0. The number of rotatable bonds is 55. The van der Waals surface area contributed by atoms with Crippen molar-refractivity contribution in [3.63, 3.8) is 0 Å². The lowest BCUT2D eigenvalue weighted by Gasteiger charge is -2.18. The van der Waals surface area contributed by atoms with E-state index in [1.54, 1.807) is 0 Å². The Balaban J connectivity index is 4.28. The molecule has 0 amide bonds. The molecule has 79 heavy (non-hydrogen) atoms. The van der Waals surface area contributed by atoms with Gasteiger partial charge in [-0.2, -0.15) is 0 Å². The molecule has 0 saturated carbocycles. The van der Waals surface area contributed by atoms with Crippen molar-refractivity contribution < 1.29 is 28.6 Å². The summed E-state index contributed by atoms with van der Waals surface area (Å²) in [5.74, 6) is -0.969. The monoisotopic (exact) mass is 1090 g/mol. The molecular formula is C73H114O6. The van der Waals surface area contributed by atoms with Crippen molar-refractivity contribution in [1.82, 2.24) is 0 Å². The van der Waals surface area contributed by atoms with Crippen LogP contribution in [0.4, 0.5) is 0 Å². The average molecular weight is 1090 g/mol. The number of ether oxygens (including phenoxy) is 3. The van der Waals surface area contributed by atoms with E-state index in [9.17, 15) is 14.4 Å². The zero-order valence-corrected chi connectivity index (χ0v) is 50.6. The predicted octanol–water partition coefficient (Wildman–Crippen LogP) is 21.9. The lowest BCUT2D eigenvalue weighted by Crippen LogP contribution is -2.30. The van der Waals surface area contributed by atoms with E-state index in [4.69, 9.17) is 14.2 Å². The molecule has 0 aromatic rings. The van der Waals surface area contributed by atoms with Gasteiger partial charge in [-0.3, -0.25) is 14.4 Å². The third kappa shape index (κ3) is 63.5. The summed E-state index contributed by atoms with van der Waals surface area (Å²) in [5.41, 5.74) is 0. The summed E-state index contributed by atoms with van der Waals surface area (Å²) in [6.07, 6.45) is 96.5. The molecule has 0 aliphatic heterocycles. The van der Waals surface area contributed by atoms with Crippen LogP contribution in [0.25, 0.3) is 0 Å². The van der Waals surface area contributed by atoms with Crippen LogP contribution in [0.1, 0.15) is 252 Å². The Labute approximate surface area is 485 Å². The molecule has 0 aromatic carbocycles. The van der Waals surface area contributed by atoms with E-state index in [0.29, 0.717) is 12.8 Å². The lowest BCUT2D eigenvalue weighted by molar-refractivity contribution is -0.167. The lowest BCUT2D eigenvalue weighted by atomic mass is 10.1. The Hall–Kier alpha value is -5.23. The highest BCUT2D eigenvalue weighted by Gasteiger charge is 2.19. The predicted molar refractivity (Wildman–Crippen MR) is 343 cm³/mol. The van der Waals surface area contributed by atoms with E-state index < -0.39 is 6.10 Å². The van der Waals surface area contributed by atoms with Crippen LogP contribution in [0.5, 0.6) is 0 Å². The molecule has 1 unspecified atom stereocenters. The van der Waals surface area contributed by atoms with Gasteiger partial charge in [0, 0.05) is 19.3 Å². The summed E-state index contributed by atoms with van der Waals surface area (Å²) < 4.78 is 16.8. The number of carbonyl (C=O) groups is 3. The van der Waals surface area contributed by atoms with Gasteiger partial charge < -0.3 is 14.2 Å². The topological polar surface area (TPSA) is 78.9 Å². The molecular weight excluding hydrogens is 973 g/mol. The summed E-state index contributed by atoms with van der Waals surface area (Å²) in [6.45, 7) is 6.28. The molecule has 0 saturated heterocycles. The van der Waals surface area contributed by atoms with Crippen molar-refractivity contribution in [2.45, 2.75) is 258 Å². The van der Waals surface area contributed by atoms with Gasteiger partial charge in [0.05, 0.1) is 0 Å². The van der Waals surface area contributed by atoms with Crippen molar-refractivity contribution in [1.29, 1.82) is 0 Å². The van der Waals surface area contributed by atoms with Gasteiger partial charge >= 0.3 is 17.9 Å². The molecule has 6 heteroatoms. The fraction of sp³-hybridized carbons (Fsp3) is 0.575. The first-order chi connectivity index (χ1) is 39.0. The smallest absolute Gasteiger partial charge is 0.306 e. The molecule has 0 bridgehead atoms. The Morgan fingerprint density at radius 2 is 0.494 bits per heavy atom. The highest BCUT2D eigenvalue weighted by Crippen LogP contribution is 2.14. The van der Waals surface area contributed by atoms with Gasteiger partial charge in [0.2, 0.25) is 0 Å². The number of hydrogen-bond acceptors (Lipinski definition) is 6. The van der Waals surface area contributed by atoms with Gasteiger partial charge in [-0.25, -0.2) is 0 Å². The van der Waals surface area contributed by atoms with Crippen LogP contribution in [0.15, 0.2) is 170 Å². The third-order valence-corrected chi connectivity index (χ3v) is 12.7. The summed E-state index contributed by atoms with van der Waals surface area (Å²) >= 11 is 0. The molecule has 0 spiro atoms. The maximum absolute atomic E-state index is 12.8. The SMILES string of the molecule is CC/C=C\C/C=C\C/C=C\C/C=C\C/C=C\C/C=C\C/C=C\C/C=C\C/C=C\CCCCCCCCCC(=O)OCC(COC(=O)CCCCCCC/C=C\C/C=C\CCC)OC(=O)CCCCC/C=C\C/C=C\C/C=C\CC. The minimum atomic E-state index is -0.812. The molecule has 0 aromatic heterocycles. The number of carbonyl (C=O) groups excluding carboxylic acids is 3. The highest BCUT2D eigenvalue weighted by atomic mass is 16.6. The van der Waals surface area contributed by atoms with Gasteiger partial charge in [0.1, 0.15) is 13.2 Å². The summed E-state index contributed by atoms with van der Waals surface area (Å²) in [7, 11) is 0. The Morgan fingerprint density at radius 3 is 0.785 bits per heavy atom. The fourth-order valence-electron chi connectivity index (χ4n) is 8.02. The maximum Gasteiger partial charge on any atom is 0.306 e. The first-order valence-corrected chi connectivity index (χ1v) is 31.6. The zero-order chi connectivity index (χ0) is 57.1. The van der Waals surface area contributed by atoms with Gasteiger partial charge in [0.25, 0.3) is 0 Å². The van der Waals surface area contributed by atoms with Crippen LogP contribution in [-0.2, 0) is 28.6 Å². The molecule has 0 fully saturated rings. The second-order valence-electron chi connectivity index (χ2n) is 20.2. The Morgan fingerprint density at radius 1 is 0.266 bits per heavy atom. The second-order valence-corrected chi connectivity index (χ2v) is 20.2. The van der Waals surface area contributed by atoms with E-state index in [1.165, 1.54) is 32.1 Å². The average Bonchev–Trinajstić information content (AvgIpc) is 3.45. The maximum atomic E-state index is 12.8.